The summed E-state index contributed by atoms with van der Waals surface area (Å²) in [6, 6.07) is 7.48. The Labute approximate surface area is 139 Å². The van der Waals surface area contributed by atoms with Gasteiger partial charge < -0.3 is 14.4 Å². The summed E-state index contributed by atoms with van der Waals surface area (Å²) in [4.78, 5) is 19.3. The van der Waals surface area contributed by atoms with E-state index < -0.39 is 5.97 Å². The number of hydrogen-bond acceptors (Lipinski definition) is 7. The zero-order chi connectivity index (χ0) is 16.9. The second kappa shape index (κ2) is 7.41. The highest BCUT2D eigenvalue weighted by atomic mass is 16.5. The minimum Gasteiger partial charge on any atom is -0.497 e. The average Bonchev–Trinajstić information content (AvgIpc) is 3.05. The standard InChI is InChI=1S/C16H20N4O4/c1-23-13-4-2-12(3-5-13)16-17-14(24-18-16)10-19-6-8-20(9-7-19)11-15(21)22/h2-5H,6-11H2,1H3,(H,21,22). The zero-order valence-corrected chi connectivity index (χ0v) is 13.5. The smallest absolute Gasteiger partial charge is 0.317 e. The van der Waals surface area contributed by atoms with E-state index in [0.717, 1.165) is 37.5 Å². The van der Waals surface area contributed by atoms with Gasteiger partial charge in [0.2, 0.25) is 11.7 Å². The molecule has 1 saturated heterocycles. The molecule has 8 heteroatoms. The number of rotatable bonds is 6. The first-order valence-corrected chi connectivity index (χ1v) is 7.77. The van der Waals surface area contributed by atoms with Crippen LogP contribution in [0.15, 0.2) is 28.8 Å². The van der Waals surface area contributed by atoms with Gasteiger partial charge in [-0.15, -0.1) is 0 Å². The van der Waals surface area contributed by atoms with Crippen molar-refractivity contribution in [3.8, 4) is 17.1 Å². The van der Waals surface area contributed by atoms with Crippen LogP contribution < -0.4 is 4.74 Å². The summed E-state index contributed by atoms with van der Waals surface area (Å²) in [5.41, 5.74) is 0.872. The summed E-state index contributed by atoms with van der Waals surface area (Å²) in [7, 11) is 1.62. The summed E-state index contributed by atoms with van der Waals surface area (Å²) >= 11 is 0. The average molecular weight is 332 g/mol. The number of ether oxygens (including phenoxy) is 1. The van der Waals surface area contributed by atoms with Crippen LogP contribution in [0.2, 0.25) is 0 Å². The molecule has 0 bridgehead atoms. The van der Waals surface area contributed by atoms with Crippen molar-refractivity contribution < 1.29 is 19.2 Å². The summed E-state index contributed by atoms with van der Waals surface area (Å²) in [6.45, 7) is 3.69. The highest BCUT2D eigenvalue weighted by Crippen LogP contribution is 2.20. The van der Waals surface area contributed by atoms with Crippen LogP contribution in [0, 0.1) is 0 Å². The predicted octanol–water partition coefficient (Wildman–Crippen LogP) is 0.947. The maximum Gasteiger partial charge on any atom is 0.317 e. The van der Waals surface area contributed by atoms with Crippen LogP contribution in [-0.4, -0.2) is 70.8 Å². The lowest BCUT2D eigenvalue weighted by molar-refractivity contribution is -0.138. The minimum absolute atomic E-state index is 0.0933. The molecule has 1 fully saturated rings. The van der Waals surface area contributed by atoms with Gasteiger partial charge in [-0.25, -0.2) is 0 Å². The first-order chi connectivity index (χ1) is 11.6. The predicted molar refractivity (Wildman–Crippen MR) is 85.6 cm³/mol. The Kier molecular flexibility index (Phi) is 5.07. The molecule has 8 nitrogen and oxygen atoms in total. The first kappa shape index (κ1) is 16.4. The van der Waals surface area contributed by atoms with Crippen LogP contribution >= 0.6 is 0 Å². The molecular formula is C16H20N4O4. The maximum absolute atomic E-state index is 10.7. The number of piperazine rings is 1. The second-order valence-corrected chi connectivity index (χ2v) is 5.69. The molecule has 1 aliphatic rings. The number of aliphatic carboxylic acids is 1. The monoisotopic (exact) mass is 332 g/mol. The van der Waals surface area contributed by atoms with Gasteiger partial charge in [-0.3, -0.25) is 14.6 Å². The van der Waals surface area contributed by atoms with Crippen LogP contribution in [0.25, 0.3) is 11.4 Å². The molecule has 0 unspecified atom stereocenters. The fraction of sp³-hybridized carbons (Fsp3) is 0.438. The number of nitrogens with zero attached hydrogens (tertiary/aromatic N) is 4. The second-order valence-electron chi connectivity index (χ2n) is 5.69. The lowest BCUT2D eigenvalue weighted by Gasteiger charge is -2.32. The molecule has 2 heterocycles. The van der Waals surface area contributed by atoms with E-state index in [1.807, 2.05) is 29.2 Å². The van der Waals surface area contributed by atoms with E-state index in [4.69, 9.17) is 14.4 Å². The summed E-state index contributed by atoms with van der Waals surface area (Å²) in [5, 5.41) is 12.8. The summed E-state index contributed by atoms with van der Waals surface area (Å²) in [5.74, 6) is 1.11. The van der Waals surface area contributed by atoms with Crippen molar-refractivity contribution in [2.45, 2.75) is 6.54 Å². The third kappa shape index (κ3) is 4.09. The molecule has 3 rings (SSSR count). The number of hydrogen-bond donors (Lipinski definition) is 1. The maximum atomic E-state index is 10.7. The van der Waals surface area contributed by atoms with Crippen LogP contribution in [0.4, 0.5) is 0 Å². The molecule has 0 radical (unpaired) electrons. The van der Waals surface area contributed by atoms with E-state index in [2.05, 4.69) is 15.0 Å². The fourth-order valence-electron chi connectivity index (χ4n) is 2.66. The van der Waals surface area contributed by atoms with E-state index in [0.29, 0.717) is 18.3 Å². The third-order valence-electron chi connectivity index (χ3n) is 4.00. The van der Waals surface area contributed by atoms with Crippen LogP contribution in [-0.2, 0) is 11.3 Å². The van der Waals surface area contributed by atoms with Crippen LogP contribution in [0.1, 0.15) is 5.89 Å². The van der Waals surface area contributed by atoms with Gasteiger partial charge in [-0.1, -0.05) is 5.16 Å². The van der Waals surface area contributed by atoms with Crippen LogP contribution in [0.5, 0.6) is 5.75 Å². The number of carbonyl (C=O) groups is 1. The summed E-state index contributed by atoms with van der Waals surface area (Å²) in [6.07, 6.45) is 0. The van der Waals surface area contributed by atoms with Crippen molar-refractivity contribution in [2.75, 3.05) is 39.8 Å². The highest BCUT2D eigenvalue weighted by molar-refractivity contribution is 5.69. The molecule has 1 aliphatic heterocycles. The Hall–Kier alpha value is -2.45. The molecule has 0 saturated carbocycles. The number of benzene rings is 1. The SMILES string of the molecule is COc1ccc(-c2noc(CN3CCN(CC(=O)O)CC3)n2)cc1. The highest BCUT2D eigenvalue weighted by Gasteiger charge is 2.20. The number of carboxylic acids is 1. The normalized spacial score (nSPS) is 16.2. The topological polar surface area (TPSA) is 91.9 Å². The van der Waals surface area contributed by atoms with E-state index in [1.165, 1.54) is 0 Å². The van der Waals surface area contributed by atoms with Crippen molar-refractivity contribution >= 4 is 5.97 Å². The van der Waals surface area contributed by atoms with Crippen LogP contribution in [0.3, 0.4) is 0 Å². The van der Waals surface area contributed by atoms with Gasteiger partial charge in [0, 0.05) is 31.7 Å². The Bertz CT molecular complexity index is 678. The van der Waals surface area contributed by atoms with Crippen molar-refractivity contribution in [3.05, 3.63) is 30.2 Å². The lowest BCUT2D eigenvalue weighted by Crippen LogP contribution is -2.47. The van der Waals surface area contributed by atoms with E-state index in [9.17, 15) is 4.79 Å². The van der Waals surface area contributed by atoms with Gasteiger partial charge in [0.25, 0.3) is 0 Å². The molecule has 24 heavy (non-hydrogen) atoms. The van der Waals surface area contributed by atoms with E-state index in [-0.39, 0.29) is 6.54 Å². The third-order valence-corrected chi connectivity index (χ3v) is 4.00. The molecule has 0 spiro atoms. The van der Waals surface area contributed by atoms with Crippen molar-refractivity contribution in [2.24, 2.45) is 0 Å². The van der Waals surface area contributed by atoms with Gasteiger partial charge in [-0.2, -0.15) is 4.98 Å². The lowest BCUT2D eigenvalue weighted by atomic mass is 10.2. The molecule has 1 aromatic heterocycles. The molecule has 0 amide bonds. The number of methoxy groups -OCH3 is 1. The molecular weight excluding hydrogens is 312 g/mol. The van der Waals surface area contributed by atoms with Gasteiger partial charge in [0.15, 0.2) is 0 Å². The summed E-state index contributed by atoms with van der Waals surface area (Å²) < 4.78 is 10.5. The van der Waals surface area contributed by atoms with E-state index in [1.54, 1.807) is 7.11 Å². The van der Waals surface area contributed by atoms with Gasteiger partial charge in [0.05, 0.1) is 20.2 Å². The van der Waals surface area contributed by atoms with Gasteiger partial charge >= 0.3 is 5.97 Å². The Morgan fingerprint density at radius 1 is 1.21 bits per heavy atom. The Balaban J connectivity index is 1.55. The Morgan fingerprint density at radius 2 is 1.88 bits per heavy atom. The zero-order valence-electron chi connectivity index (χ0n) is 13.5. The molecule has 1 N–H and O–H groups in total. The first-order valence-electron chi connectivity index (χ1n) is 7.77. The molecule has 2 aromatic rings. The Morgan fingerprint density at radius 3 is 2.50 bits per heavy atom. The number of carboxylic acid groups (broad SMARTS) is 1. The molecule has 0 atom stereocenters. The molecule has 1 aromatic carbocycles. The fourth-order valence-corrected chi connectivity index (χ4v) is 2.66. The van der Waals surface area contributed by atoms with Crippen molar-refractivity contribution in [1.82, 2.24) is 19.9 Å². The van der Waals surface area contributed by atoms with Crippen molar-refractivity contribution in [3.63, 3.8) is 0 Å². The quantitative estimate of drug-likeness (QED) is 0.836. The van der Waals surface area contributed by atoms with Gasteiger partial charge in [0.1, 0.15) is 5.75 Å². The van der Waals surface area contributed by atoms with E-state index >= 15 is 0 Å². The van der Waals surface area contributed by atoms with Crippen molar-refractivity contribution in [1.29, 1.82) is 0 Å². The largest absolute Gasteiger partial charge is 0.497 e. The minimum atomic E-state index is -0.788. The molecule has 128 valence electrons. The van der Waals surface area contributed by atoms with Gasteiger partial charge in [-0.05, 0) is 24.3 Å². The number of aromatic nitrogens is 2. The molecule has 0 aliphatic carbocycles.